The van der Waals surface area contributed by atoms with Gasteiger partial charge in [0, 0.05) is 5.69 Å². The highest BCUT2D eigenvalue weighted by Crippen LogP contribution is 2.18. The van der Waals surface area contributed by atoms with Gasteiger partial charge in [-0.05, 0) is 39.0 Å². The number of nitrogens with one attached hydrogen (secondary N) is 1. The Labute approximate surface area is 115 Å². The van der Waals surface area contributed by atoms with Gasteiger partial charge in [-0.1, -0.05) is 0 Å². The van der Waals surface area contributed by atoms with Crippen LogP contribution in [0.25, 0.3) is 5.69 Å². The minimum atomic E-state index is -0.634. The maximum absolute atomic E-state index is 13.9. The molecule has 0 saturated heterocycles. The van der Waals surface area contributed by atoms with Gasteiger partial charge < -0.3 is 4.74 Å². The third kappa shape index (κ3) is 3.53. The molecular formula is C13H15FN4O2. The van der Waals surface area contributed by atoms with Gasteiger partial charge in [0.25, 0.3) is 0 Å². The molecule has 0 spiro atoms. The van der Waals surface area contributed by atoms with Crippen molar-refractivity contribution in [1.29, 1.82) is 0 Å². The van der Waals surface area contributed by atoms with Crippen molar-refractivity contribution >= 4 is 11.8 Å². The van der Waals surface area contributed by atoms with Crippen LogP contribution in [0.1, 0.15) is 20.8 Å². The van der Waals surface area contributed by atoms with Crippen molar-refractivity contribution < 1.29 is 13.9 Å². The van der Waals surface area contributed by atoms with E-state index in [1.54, 1.807) is 26.8 Å². The van der Waals surface area contributed by atoms with Crippen LogP contribution in [0.3, 0.4) is 0 Å². The zero-order chi connectivity index (χ0) is 14.8. The largest absolute Gasteiger partial charge is 0.444 e. The monoisotopic (exact) mass is 278 g/mol. The van der Waals surface area contributed by atoms with Gasteiger partial charge in [-0.15, -0.1) is 0 Å². The minimum Gasteiger partial charge on any atom is -0.444 e. The molecule has 1 heterocycles. The molecule has 0 fully saturated rings. The van der Waals surface area contributed by atoms with E-state index in [1.165, 1.54) is 29.5 Å². The molecule has 0 saturated carbocycles. The number of aromatic nitrogens is 3. The Morgan fingerprint density at radius 1 is 1.40 bits per heavy atom. The minimum absolute atomic E-state index is 0.247. The summed E-state index contributed by atoms with van der Waals surface area (Å²) in [5.41, 5.74) is -0.0543. The number of carbonyl (C=O) groups is 1. The molecule has 0 aliphatic heterocycles. The average Bonchev–Trinajstić information content (AvgIpc) is 2.79. The van der Waals surface area contributed by atoms with Crippen LogP contribution in [-0.4, -0.2) is 26.5 Å². The summed E-state index contributed by atoms with van der Waals surface area (Å²) in [5.74, 6) is -0.524. The fourth-order valence-corrected chi connectivity index (χ4v) is 1.52. The molecule has 106 valence electrons. The summed E-state index contributed by atoms with van der Waals surface area (Å²) in [4.78, 5) is 15.3. The maximum atomic E-state index is 13.9. The normalized spacial score (nSPS) is 11.2. The SMILES string of the molecule is CC(C)(C)OC(=O)Nc1ccc(-n2cncn2)c(F)c1. The predicted molar refractivity (Wildman–Crippen MR) is 71.2 cm³/mol. The van der Waals surface area contributed by atoms with Crippen molar-refractivity contribution in [1.82, 2.24) is 14.8 Å². The molecular weight excluding hydrogens is 263 g/mol. The Balaban J connectivity index is 2.12. The maximum Gasteiger partial charge on any atom is 0.412 e. The summed E-state index contributed by atoms with van der Waals surface area (Å²) >= 11 is 0. The third-order valence-corrected chi connectivity index (χ3v) is 2.26. The number of carbonyl (C=O) groups excluding carboxylic acids is 1. The first-order chi connectivity index (χ1) is 9.35. The van der Waals surface area contributed by atoms with Gasteiger partial charge in [-0.2, -0.15) is 5.10 Å². The summed E-state index contributed by atoms with van der Waals surface area (Å²) in [6, 6.07) is 4.25. The lowest BCUT2D eigenvalue weighted by molar-refractivity contribution is 0.0636. The van der Waals surface area contributed by atoms with Crippen molar-refractivity contribution in [2.45, 2.75) is 26.4 Å². The van der Waals surface area contributed by atoms with Gasteiger partial charge in [0.05, 0.1) is 0 Å². The first-order valence-electron chi connectivity index (χ1n) is 6.00. The van der Waals surface area contributed by atoms with Crippen LogP contribution in [-0.2, 0) is 4.74 Å². The fourth-order valence-electron chi connectivity index (χ4n) is 1.52. The van der Waals surface area contributed by atoms with Crippen LogP contribution in [0.5, 0.6) is 0 Å². The van der Waals surface area contributed by atoms with Crippen LogP contribution in [0.4, 0.5) is 14.9 Å². The van der Waals surface area contributed by atoms with Gasteiger partial charge in [-0.25, -0.2) is 18.9 Å². The summed E-state index contributed by atoms with van der Waals surface area (Å²) < 4.78 is 20.3. The molecule has 6 nitrogen and oxygen atoms in total. The zero-order valence-corrected chi connectivity index (χ0v) is 11.4. The van der Waals surface area contributed by atoms with Crippen molar-refractivity contribution in [2.24, 2.45) is 0 Å². The van der Waals surface area contributed by atoms with Crippen LogP contribution in [0.15, 0.2) is 30.9 Å². The second-order valence-corrected chi connectivity index (χ2v) is 5.13. The first kappa shape index (κ1) is 14.0. The number of benzene rings is 1. The Kier molecular flexibility index (Phi) is 3.69. The van der Waals surface area contributed by atoms with E-state index in [9.17, 15) is 9.18 Å². The summed E-state index contributed by atoms with van der Waals surface area (Å²) in [5, 5.41) is 6.31. The molecule has 2 rings (SSSR count). The lowest BCUT2D eigenvalue weighted by Crippen LogP contribution is -2.27. The van der Waals surface area contributed by atoms with E-state index in [1.807, 2.05) is 0 Å². The third-order valence-electron chi connectivity index (χ3n) is 2.26. The molecule has 7 heteroatoms. The van der Waals surface area contributed by atoms with Crippen molar-refractivity contribution in [3.05, 3.63) is 36.7 Å². The summed E-state index contributed by atoms with van der Waals surface area (Å²) in [6.07, 6.45) is 2.07. The molecule has 2 aromatic rings. The van der Waals surface area contributed by atoms with E-state index in [2.05, 4.69) is 15.4 Å². The Bertz CT molecular complexity index is 605. The summed E-state index contributed by atoms with van der Waals surface area (Å²) in [7, 11) is 0. The molecule has 1 N–H and O–H groups in total. The molecule has 1 aromatic heterocycles. The van der Waals surface area contributed by atoms with Gasteiger partial charge in [0.15, 0.2) is 5.82 Å². The van der Waals surface area contributed by atoms with E-state index >= 15 is 0 Å². The van der Waals surface area contributed by atoms with Crippen molar-refractivity contribution in [3.8, 4) is 5.69 Å². The fraction of sp³-hybridized carbons (Fsp3) is 0.308. The van der Waals surface area contributed by atoms with Crippen LogP contribution in [0, 0.1) is 5.82 Å². The molecule has 0 atom stereocenters. The quantitative estimate of drug-likeness (QED) is 0.917. The van der Waals surface area contributed by atoms with Gasteiger partial charge in [0.2, 0.25) is 0 Å². The second-order valence-electron chi connectivity index (χ2n) is 5.13. The number of anilines is 1. The molecule has 1 amide bonds. The lowest BCUT2D eigenvalue weighted by atomic mass is 10.2. The number of rotatable bonds is 2. The number of hydrogen-bond donors (Lipinski definition) is 1. The molecule has 1 aromatic carbocycles. The van der Waals surface area contributed by atoms with Gasteiger partial charge >= 0.3 is 6.09 Å². The number of halogens is 1. The van der Waals surface area contributed by atoms with E-state index < -0.39 is 17.5 Å². The smallest absolute Gasteiger partial charge is 0.412 e. The van der Waals surface area contributed by atoms with E-state index in [0.29, 0.717) is 5.69 Å². The molecule has 0 bridgehead atoms. The van der Waals surface area contributed by atoms with Crippen molar-refractivity contribution in [2.75, 3.05) is 5.32 Å². The molecule has 0 unspecified atom stereocenters. The van der Waals surface area contributed by atoms with Gasteiger partial charge in [-0.3, -0.25) is 5.32 Å². The predicted octanol–water partition coefficient (Wildman–Crippen LogP) is 2.75. The first-order valence-corrected chi connectivity index (χ1v) is 6.00. The number of amides is 1. The number of hydrogen-bond acceptors (Lipinski definition) is 4. The van der Waals surface area contributed by atoms with E-state index in [0.717, 1.165) is 0 Å². The van der Waals surface area contributed by atoms with Crippen LogP contribution >= 0.6 is 0 Å². The highest BCUT2D eigenvalue weighted by atomic mass is 19.1. The Hall–Kier alpha value is -2.44. The Morgan fingerprint density at radius 3 is 2.70 bits per heavy atom. The molecule has 0 aliphatic carbocycles. The molecule has 20 heavy (non-hydrogen) atoms. The van der Waals surface area contributed by atoms with Gasteiger partial charge in [0.1, 0.15) is 23.9 Å². The standard InChI is InChI=1S/C13H15FN4O2/c1-13(2,3)20-12(19)17-9-4-5-11(10(14)6-9)18-8-15-7-16-18/h4-8H,1-3H3,(H,17,19). The number of nitrogens with zero attached hydrogens (tertiary/aromatic N) is 3. The molecule has 0 aliphatic rings. The average molecular weight is 278 g/mol. The number of ether oxygens (including phenoxy) is 1. The van der Waals surface area contributed by atoms with Crippen LogP contribution < -0.4 is 5.32 Å². The van der Waals surface area contributed by atoms with E-state index in [-0.39, 0.29) is 5.69 Å². The van der Waals surface area contributed by atoms with E-state index in [4.69, 9.17) is 4.74 Å². The zero-order valence-electron chi connectivity index (χ0n) is 11.4. The highest BCUT2D eigenvalue weighted by Gasteiger charge is 2.16. The lowest BCUT2D eigenvalue weighted by Gasteiger charge is -2.19. The summed E-state index contributed by atoms with van der Waals surface area (Å²) in [6.45, 7) is 5.25. The topological polar surface area (TPSA) is 69.0 Å². The van der Waals surface area contributed by atoms with Crippen molar-refractivity contribution in [3.63, 3.8) is 0 Å². The molecule has 0 radical (unpaired) electrons. The second kappa shape index (κ2) is 5.28. The van der Waals surface area contributed by atoms with Crippen LogP contribution in [0.2, 0.25) is 0 Å². The Morgan fingerprint density at radius 2 is 2.15 bits per heavy atom. The highest BCUT2D eigenvalue weighted by molar-refractivity contribution is 5.85.